The summed E-state index contributed by atoms with van der Waals surface area (Å²) in [6, 6.07) is 0.495. The first kappa shape index (κ1) is 12.7. The summed E-state index contributed by atoms with van der Waals surface area (Å²) < 4.78 is 5.50. The molecule has 0 aromatic carbocycles. The van der Waals surface area contributed by atoms with Crippen molar-refractivity contribution >= 4 is 5.78 Å². The van der Waals surface area contributed by atoms with Gasteiger partial charge in [0.05, 0.1) is 19.1 Å². The molecule has 1 saturated heterocycles. The van der Waals surface area contributed by atoms with E-state index in [9.17, 15) is 4.79 Å². The van der Waals surface area contributed by atoms with Gasteiger partial charge in [0.15, 0.2) is 0 Å². The van der Waals surface area contributed by atoms with Crippen molar-refractivity contribution in [1.82, 2.24) is 4.90 Å². The Labute approximate surface area is 92.8 Å². The lowest BCUT2D eigenvalue weighted by atomic mass is 9.95. The van der Waals surface area contributed by atoms with Gasteiger partial charge in [0.2, 0.25) is 0 Å². The first-order valence-electron chi connectivity index (χ1n) is 5.88. The van der Waals surface area contributed by atoms with Gasteiger partial charge in [0.1, 0.15) is 5.78 Å². The maximum atomic E-state index is 11.9. The van der Waals surface area contributed by atoms with Gasteiger partial charge in [-0.2, -0.15) is 0 Å². The van der Waals surface area contributed by atoms with E-state index in [2.05, 4.69) is 18.7 Å². The molecule has 3 nitrogen and oxygen atoms in total. The zero-order valence-electron chi connectivity index (χ0n) is 10.3. The molecule has 0 N–H and O–H groups in total. The molecule has 0 saturated carbocycles. The molecule has 1 heterocycles. The van der Waals surface area contributed by atoms with Gasteiger partial charge < -0.3 is 4.74 Å². The second kappa shape index (κ2) is 5.61. The first-order valence-corrected chi connectivity index (χ1v) is 5.88. The van der Waals surface area contributed by atoms with Crippen molar-refractivity contribution in [3.63, 3.8) is 0 Å². The van der Waals surface area contributed by atoms with Crippen LogP contribution in [-0.4, -0.2) is 43.0 Å². The minimum atomic E-state index is 0.0647. The molecule has 3 heteroatoms. The van der Waals surface area contributed by atoms with E-state index >= 15 is 0 Å². The zero-order chi connectivity index (χ0) is 11.4. The number of rotatable bonds is 3. The Kier molecular flexibility index (Phi) is 4.74. The summed E-state index contributed by atoms with van der Waals surface area (Å²) in [5.41, 5.74) is 0. The van der Waals surface area contributed by atoms with E-state index in [1.807, 2.05) is 13.8 Å². The van der Waals surface area contributed by atoms with E-state index in [4.69, 9.17) is 4.74 Å². The summed E-state index contributed by atoms with van der Waals surface area (Å²) in [4.78, 5) is 14.2. The number of hydrogen-bond donors (Lipinski definition) is 0. The predicted molar refractivity (Wildman–Crippen MR) is 60.9 cm³/mol. The second-order valence-corrected chi connectivity index (χ2v) is 4.92. The number of carbonyl (C=O) groups excluding carboxylic acids is 1. The molecule has 0 bridgehead atoms. The lowest BCUT2D eigenvalue weighted by Gasteiger charge is -2.26. The van der Waals surface area contributed by atoms with Crippen molar-refractivity contribution in [2.75, 3.05) is 26.3 Å². The fraction of sp³-hybridized carbons (Fsp3) is 0.917. The highest BCUT2D eigenvalue weighted by Crippen LogP contribution is 2.14. The minimum absolute atomic E-state index is 0.0647. The van der Waals surface area contributed by atoms with Gasteiger partial charge in [-0.15, -0.1) is 0 Å². The van der Waals surface area contributed by atoms with Gasteiger partial charge in [0.25, 0.3) is 0 Å². The highest BCUT2D eigenvalue weighted by atomic mass is 16.5. The molecule has 0 aliphatic carbocycles. The molecule has 1 atom stereocenters. The van der Waals surface area contributed by atoms with Crippen molar-refractivity contribution in [1.29, 1.82) is 0 Å². The fourth-order valence-corrected chi connectivity index (χ4v) is 1.95. The quantitative estimate of drug-likeness (QED) is 0.712. The van der Waals surface area contributed by atoms with E-state index in [-0.39, 0.29) is 11.8 Å². The Morgan fingerprint density at radius 1 is 1.33 bits per heavy atom. The minimum Gasteiger partial charge on any atom is -0.379 e. The average Bonchev–Trinajstić information content (AvgIpc) is 2.41. The fourth-order valence-electron chi connectivity index (χ4n) is 1.95. The highest BCUT2D eigenvalue weighted by Gasteiger charge is 2.27. The van der Waals surface area contributed by atoms with E-state index < -0.39 is 0 Å². The predicted octanol–water partition coefficient (Wildman–Crippen LogP) is 1.57. The van der Waals surface area contributed by atoms with Gasteiger partial charge in [0, 0.05) is 25.0 Å². The van der Waals surface area contributed by atoms with Crippen LogP contribution in [0.5, 0.6) is 0 Å². The lowest BCUT2D eigenvalue weighted by Crippen LogP contribution is -2.39. The van der Waals surface area contributed by atoms with Crippen LogP contribution in [0, 0.1) is 11.8 Å². The maximum absolute atomic E-state index is 11.9. The third-order valence-electron chi connectivity index (χ3n) is 3.00. The van der Waals surface area contributed by atoms with Crippen molar-refractivity contribution in [3.05, 3.63) is 0 Å². The highest BCUT2D eigenvalue weighted by molar-refractivity contribution is 5.83. The van der Waals surface area contributed by atoms with Crippen molar-refractivity contribution in [2.24, 2.45) is 11.8 Å². The van der Waals surface area contributed by atoms with Crippen LogP contribution in [0.15, 0.2) is 0 Å². The first-order chi connectivity index (χ1) is 7.02. The summed E-state index contributed by atoms with van der Waals surface area (Å²) in [5, 5.41) is 0. The summed E-state index contributed by atoms with van der Waals surface area (Å²) in [6.45, 7) is 11.4. The molecule has 88 valence electrons. The summed E-state index contributed by atoms with van der Waals surface area (Å²) in [6.07, 6.45) is 0. The SMILES string of the molecule is CC(C)C(=O)[C@H]1COCCN(C(C)C)C1. The van der Waals surface area contributed by atoms with Crippen molar-refractivity contribution < 1.29 is 9.53 Å². The van der Waals surface area contributed by atoms with Crippen LogP contribution in [0.2, 0.25) is 0 Å². The van der Waals surface area contributed by atoms with Gasteiger partial charge >= 0.3 is 0 Å². The van der Waals surface area contributed by atoms with Crippen LogP contribution in [0.25, 0.3) is 0 Å². The normalized spacial score (nSPS) is 24.5. The third-order valence-corrected chi connectivity index (χ3v) is 3.00. The van der Waals surface area contributed by atoms with Gasteiger partial charge in [-0.25, -0.2) is 0 Å². The molecule has 0 unspecified atom stereocenters. The Morgan fingerprint density at radius 3 is 2.53 bits per heavy atom. The summed E-state index contributed by atoms with van der Waals surface area (Å²) in [5.74, 6) is 0.517. The summed E-state index contributed by atoms with van der Waals surface area (Å²) in [7, 11) is 0. The van der Waals surface area contributed by atoms with E-state index in [1.165, 1.54) is 0 Å². The molecule has 0 aromatic rings. The van der Waals surface area contributed by atoms with E-state index in [1.54, 1.807) is 0 Å². The third kappa shape index (κ3) is 3.58. The molecule has 1 fully saturated rings. The standard InChI is InChI=1S/C12H23NO2/c1-9(2)12(14)11-7-13(10(3)4)5-6-15-8-11/h9-11H,5-8H2,1-4H3/t11-/m1/s1. The molecule has 1 aliphatic heterocycles. The van der Waals surface area contributed by atoms with Crippen LogP contribution in [-0.2, 0) is 9.53 Å². The average molecular weight is 213 g/mol. The Bertz CT molecular complexity index is 214. The molecule has 1 aliphatic rings. The number of ketones is 1. The number of ether oxygens (including phenoxy) is 1. The molecule has 0 aromatic heterocycles. The summed E-state index contributed by atoms with van der Waals surface area (Å²) >= 11 is 0. The van der Waals surface area contributed by atoms with Crippen molar-refractivity contribution in [3.8, 4) is 0 Å². The van der Waals surface area contributed by atoms with Gasteiger partial charge in [-0.05, 0) is 13.8 Å². The number of nitrogens with zero attached hydrogens (tertiary/aromatic N) is 1. The number of carbonyl (C=O) groups is 1. The monoisotopic (exact) mass is 213 g/mol. The van der Waals surface area contributed by atoms with Crippen LogP contribution in [0.1, 0.15) is 27.7 Å². The Morgan fingerprint density at radius 2 is 2.00 bits per heavy atom. The maximum Gasteiger partial charge on any atom is 0.142 e. The molecular formula is C12H23NO2. The molecule has 0 amide bonds. The van der Waals surface area contributed by atoms with Crippen LogP contribution < -0.4 is 0 Å². The lowest BCUT2D eigenvalue weighted by molar-refractivity contribution is -0.127. The van der Waals surface area contributed by atoms with Gasteiger partial charge in [-0.1, -0.05) is 13.8 Å². The van der Waals surface area contributed by atoms with Crippen LogP contribution in [0.4, 0.5) is 0 Å². The Hall–Kier alpha value is -0.410. The smallest absolute Gasteiger partial charge is 0.142 e. The zero-order valence-corrected chi connectivity index (χ0v) is 10.3. The van der Waals surface area contributed by atoms with Crippen molar-refractivity contribution in [2.45, 2.75) is 33.7 Å². The number of hydrogen-bond acceptors (Lipinski definition) is 3. The van der Waals surface area contributed by atoms with Crippen LogP contribution >= 0.6 is 0 Å². The molecule has 0 radical (unpaired) electrons. The largest absolute Gasteiger partial charge is 0.379 e. The van der Waals surface area contributed by atoms with E-state index in [0.717, 1.165) is 19.7 Å². The molecular weight excluding hydrogens is 190 g/mol. The molecule has 1 rings (SSSR count). The topological polar surface area (TPSA) is 29.5 Å². The molecule has 15 heavy (non-hydrogen) atoms. The van der Waals surface area contributed by atoms with E-state index in [0.29, 0.717) is 18.4 Å². The van der Waals surface area contributed by atoms with Crippen LogP contribution in [0.3, 0.4) is 0 Å². The second-order valence-electron chi connectivity index (χ2n) is 4.92. The van der Waals surface area contributed by atoms with Gasteiger partial charge in [-0.3, -0.25) is 9.69 Å². The number of Topliss-reactive ketones (excluding diaryl/α,β-unsaturated/α-hetero) is 1. The molecule has 0 spiro atoms. The Balaban J connectivity index is 2.60.